The molecule has 20 heavy (non-hydrogen) atoms. The van der Waals surface area contributed by atoms with Gasteiger partial charge in [0.15, 0.2) is 5.69 Å². The maximum atomic E-state index is 13.1. The Morgan fingerprint density at radius 2 is 2.15 bits per heavy atom. The number of fused-ring (bicyclic) bond motifs is 1. The molecular weight excluding hydrogens is 341 g/mol. The van der Waals surface area contributed by atoms with Gasteiger partial charge in [-0.05, 0) is 25.1 Å². The maximum absolute atomic E-state index is 13.1. The van der Waals surface area contributed by atoms with Crippen molar-refractivity contribution in [1.82, 2.24) is 9.78 Å². The van der Waals surface area contributed by atoms with Gasteiger partial charge < -0.3 is 4.74 Å². The standard InChI is InChI=1S/C12H10BrF3N2O2/c1-2-20-10(19)6-18-11(12(14,15)16)8-4-3-7(13)5-9(8)17-18/h3-5H,2,6H2,1H3. The van der Waals surface area contributed by atoms with Crippen LogP contribution in [0.1, 0.15) is 12.6 Å². The molecule has 0 radical (unpaired) electrons. The molecule has 0 aliphatic heterocycles. The van der Waals surface area contributed by atoms with Gasteiger partial charge in [-0.2, -0.15) is 18.3 Å². The molecule has 4 nitrogen and oxygen atoms in total. The summed E-state index contributed by atoms with van der Waals surface area (Å²) in [6, 6.07) is 4.27. The zero-order valence-electron chi connectivity index (χ0n) is 10.4. The molecule has 0 aliphatic rings. The average Bonchev–Trinajstić information content (AvgIpc) is 2.65. The number of esters is 1. The summed E-state index contributed by atoms with van der Waals surface area (Å²) in [6.07, 6.45) is -4.60. The third kappa shape index (κ3) is 2.95. The summed E-state index contributed by atoms with van der Waals surface area (Å²) in [4.78, 5) is 11.4. The number of hydrogen-bond donors (Lipinski definition) is 0. The minimum Gasteiger partial charge on any atom is -0.465 e. The van der Waals surface area contributed by atoms with Gasteiger partial charge in [0.2, 0.25) is 0 Å². The molecular formula is C12H10BrF3N2O2. The first-order valence-electron chi connectivity index (χ1n) is 5.71. The summed E-state index contributed by atoms with van der Waals surface area (Å²) in [5.74, 6) is -0.759. The van der Waals surface area contributed by atoms with Gasteiger partial charge in [-0.3, -0.25) is 4.79 Å². The van der Waals surface area contributed by atoms with Gasteiger partial charge in [0.25, 0.3) is 0 Å². The molecule has 0 aliphatic carbocycles. The lowest BCUT2D eigenvalue weighted by Gasteiger charge is -2.10. The molecule has 0 saturated heterocycles. The largest absolute Gasteiger partial charge is 0.465 e. The Morgan fingerprint density at radius 3 is 2.75 bits per heavy atom. The van der Waals surface area contributed by atoms with Crippen molar-refractivity contribution in [2.24, 2.45) is 0 Å². The second kappa shape index (κ2) is 5.43. The fourth-order valence-corrected chi connectivity index (χ4v) is 2.20. The van der Waals surface area contributed by atoms with Gasteiger partial charge in [-0.15, -0.1) is 0 Å². The highest BCUT2D eigenvalue weighted by Gasteiger charge is 2.38. The Balaban J connectivity index is 2.55. The van der Waals surface area contributed by atoms with Gasteiger partial charge in [0.05, 0.1) is 12.1 Å². The summed E-state index contributed by atoms with van der Waals surface area (Å²) >= 11 is 3.17. The normalized spacial score (nSPS) is 11.8. The summed E-state index contributed by atoms with van der Waals surface area (Å²) in [5.41, 5.74) is -0.788. The van der Waals surface area contributed by atoms with Gasteiger partial charge in [0, 0.05) is 9.86 Å². The predicted molar refractivity (Wildman–Crippen MR) is 69.1 cm³/mol. The number of nitrogens with zero attached hydrogens (tertiary/aromatic N) is 2. The van der Waals surface area contributed by atoms with Crippen LogP contribution in [0.3, 0.4) is 0 Å². The van der Waals surface area contributed by atoms with Crippen LogP contribution in [-0.4, -0.2) is 22.4 Å². The third-order valence-electron chi connectivity index (χ3n) is 2.55. The zero-order valence-corrected chi connectivity index (χ0v) is 12.0. The molecule has 0 fully saturated rings. The van der Waals surface area contributed by atoms with Gasteiger partial charge in [-0.1, -0.05) is 15.9 Å². The van der Waals surface area contributed by atoms with Crippen LogP contribution in [-0.2, 0) is 22.3 Å². The monoisotopic (exact) mass is 350 g/mol. The van der Waals surface area contributed by atoms with Crippen LogP contribution in [0, 0.1) is 0 Å². The molecule has 0 unspecified atom stereocenters. The van der Waals surface area contributed by atoms with Crippen molar-refractivity contribution in [3.8, 4) is 0 Å². The van der Waals surface area contributed by atoms with E-state index in [-0.39, 0.29) is 17.5 Å². The SMILES string of the molecule is CCOC(=O)Cn1nc2cc(Br)ccc2c1C(F)(F)F. The number of alkyl halides is 3. The molecule has 0 atom stereocenters. The van der Waals surface area contributed by atoms with Crippen molar-refractivity contribution in [1.29, 1.82) is 0 Å². The molecule has 0 amide bonds. The zero-order chi connectivity index (χ0) is 14.9. The third-order valence-corrected chi connectivity index (χ3v) is 3.05. The second-order valence-corrected chi connectivity index (χ2v) is 4.89. The number of carbonyl (C=O) groups excluding carboxylic acids is 1. The van der Waals surface area contributed by atoms with E-state index in [0.717, 1.165) is 0 Å². The Morgan fingerprint density at radius 1 is 1.45 bits per heavy atom. The summed E-state index contributed by atoms with van der Waals surface area (Å²) < 4.78 is 45.3. The minimum atomic E-state index is -4.60. The smallest absolute Gasteiger partial charge is 0.433 e. The van der Waals surface area contributed by atoms with E-state index < -0.39 is 24.4 Å². The number of benzene rings is 1. The molecule has 0 N–H and O–H groups in total. The molecule has 0 spiro atoms. The van der Waals surface area contributed by atoms with Crippen LogP contribution in [0.4, 0.5) is 13.2 Å². The minimum absolute atomic E-state index is 0.0509. The Labute approximate surface area is 120 Å². The summed E-state index contributed by atoms with van der Waals surface area (Å²) in [6.45, 7) is 1.11. The molecule has 1 aromatic carbocycles. The summed E-state index contributed by atoms with van der Waals surface area (Å²) in [7, 11) is 0. The molecule has 2 rings (SSSR count). The molecule has 0 saturated carbocycles. The fraction of sp³-hybridized carbons (Fsp3) is 0.333. The Hall–Kier alpha value is -1.57. The van der Waals surface area contributed by atoms with Crippen LogP contribution in [0.5, 0.6) is 0 Å². The highest BCUT2D eigenvalue weighted by molar-refractivity contribution is 9.10. The van der Waals surface area contributed by atoms with E-state index in [1.165, 1.54) is 18.2 Å². The maximum Gasteiger partial charge on any atom is 0.433 e. The lowest BCUT2D eigenvalue weighted by atomic mass is 10.2. The second-order valence-electron chi connectivity index (χ2n) is 3.97. The quantitative estimate of drug-likeness (QED) is 0.797. The van der Waals surface area contributed by atoms with E-state index in [1.807, 2.05) is 0 Å². The van der Waals surface area contributed by atoms with Crippen molar-refractivity contribution >= 4 is 32.8 Å². The first kappa shape index (κ1) is 14.8. The number of aromatic nitrogens is 2. The van der Waals surface area contributed by atoms with E-state index in [4.69, 9.17) is 0 Å². The van der Waals surface area contributed by atoms with E-state index in [0.29, 0.717) is 9.15 Å². The molecule has 1 aromatic heterocycles. The van der Waals surface area contributed by atoms with Crippen molar-refractivity contribution in [3.05, 3.63) is 28.4 Å². The number of rotatable bonds is 3. The van der Waals surface area contributed by atoms with Crippen LogP contribution in [0.15, 0.2) is 22.7 Å². The Kier molecular flexibility index (Phi) is 4.03. The fourth-order valence-electron chi connectivity index (χ4n) is 1.85. The lowest BCUT2D eigenvalue weighted by Crippen LogP contribution is -2.20. The number of carbonyl (C=O) groups is 1. The molecule has 108 valence electrons. The van der Waals surface area contributed by atoms with Crippen LogP contribution in [0.2, 0.25) is 0 Å². The van der Waals surface area contributed by atoms with Crippen molar-refractivity contribution < 1.29 is 22.7 Å². The van der Waals surface area contributed by atoms with E-state index in [2.05, 4.69) is 25.8 Å². The first-order valence-corrected chi connectivity index (χ1v) is 6.51. The van der Waals surface area contributed by atoms with E-state index in [1.54, 1.807) is 6.92 Å². The van der Waals surface area contributed by atoms with Crippen LogP contribution >= 0.6 is 15.9 Å². The molecule has 2 aromatic rings. The predicted octanol–water partition coefficient (Wildman–Crippen LogP) is 3.38. The molecule has 1 heterocycles. The average molecular weight is 351 g/mol. The highest BCUT2D eigenvalue weighted by Crippen LogP contribution is 2.35. The number of ether oxygens (including phenoxy) is 1. The van der Waals surface area contributed by atoms with E-state index >= 15 is 0 Å². The first-order chi connectivity index (χ1) is 9.32. The van der Waals surface area contributed by atoms with Crippen molar-refractivity contribution in [3.63, 3.8) is 0 Å². The van der Waals surface area contributed by atoms with Crippen molar-refractivity contribution in [2.75, 3.05) is 6.61 Å². The molecule has 8 heteroatoms. The lowest BCUT2D eigenvalue weighted by molar-refractivity contribution is -0.148. The number of halogens is 4. The summed E-state index contributed by atoms with van der Waals surface area (Å²) in [5, 5.41) is 3.78. The topological polar surface area (TPSA) is 44.1 Å². The highest BCUT2D eigenvalue weighted by atomic mass is 79.9. The molecule has 0 bridgehead atoms. The van der Waals surface area contributed by atoms with Gasteiger partial charge >= 0.3 is 12.1 Å². The van der Waals surface area contributed by atoms with Crippen LogP contribution in [0.25, 0.3) is 10.9 Å². The van der Waals surface area contributed by atoms with Crippen LogP contribution < -0.4 is 0 Å². The van der Waals surface area contributed by atoms with Gasteiger partial charge in [0.1, 0.15) is 6.54 Å². The van der Waals surface area contributed by atoms with Gasteiger partial charge in [-0.25, -0.2) is 4.68 Å². The Bertz CT molecular complexity index is 652. The number of hydrogen-bond acceptors (Lipinski definition) is 3. The van der Waals surface area contributed by atoms with E-state index in [9.17, 15) is 18.0 Å². The van der Waals surface area contributed by atoms with Crippen molar-refractivity contribution in [2.45, 2.75) is 19.6 Å².